The van der Waals surface area contributed by atoms with Gasteiger partial charge in [-0.1, -0.05) is 6.07 Å². The fourth-order valence-electron chi connectivity index (χ4n) is 1.10. The summed E-state index contributed by atoms with van der Waals surface area (Å²) in [6.07, 6.45) is 3.28. The lowest BCUT2D eigenvalue weighted by Crippen LogP contribution is -2.27. The first-order chi connectivity index (χ1) is 6.20. The van der Waals surface area contributed by atoms with E-state index in [1.54, 1.807) is 13.1 Å². The van der Waals surface area contributed by atoms with Crippen LogP contribution >= 0.6 is 0 Å². The van der Waals surface area contributed by atoms with Crippen LogP contribution < -0.4 is 5.32 Å². The third kappa shape index (κ3) is 3.53. The molecule has 0 aliphatic heterocycles. The maximum Gasteiger partial charge on any atom is 0.0636 e. The molecule has 2 N–H and O–H groups in total. The van der Waals surface area contributed by atoms with Crippen molar-refractivity contribution in [2.45, 2.75) is 26.0 Å². The first-order valence-electron chi connectivity index (χ1n) is 4.51. The van der Waals surface area contributed by atoms with Crippen molar-refractivity contribution in [1.29, 1.82) is 0 Å². The van der Waals surface area contributed by atoms with E-state index < -0.39 is 0 Å². The molecule has 0 saturated heterocycles. The van der Waals surface area contributed by atoms with Crippen LogP contribution in [0.1, 0.15) is 25.5 Å². The van der Waals surface area contributed by atoms with Crippen molar-refractivity contribution >= 4 is 0 Å². The maximum atomic E-state index is 9.07. The van der Waals surface area contributed by atoms with E-state index in [0.29, 0.717) is 6.54 Å². The number of rotatable bonds is 4. The molecule has 0 aromatic carbocycles. The first-order valence-corrected chi connectivity index (χ1v) is 4.51. The van der Waals surface area contributed by atoms with Gasteiger partial charge in [-0.3, -0.25) is 4.98 Å². The molecular formula is C10H16N2O. The van der Waals surface area contributed by atoms with Gasteiger partial charge in [-0.25, -0.2) is 0 Å². The maximum absolute atomic E-state index is 9.07. The average Bonchev–Trinajstić information content (AvgIpc) is 2.15. The van der Waals surface area contributed by atoms with E-state index in [4.69, 9.17) is 5.11 Å². The minimum Gasteiger partial charge on any atom is -0.392 e. The number of hydrogen-bond donors (Lipinski definition) is 2. The Labute approximate surface area is 78.8 Å². The second kappa shape index (κ2) is 4.94. The molecule has 0 unspecified atom stereocenters. The predicted octanol–water partition coefficient (Wildman–Crippen LogP) is 1.11. The molecule has 1 heterocycles. The van der Waals surface area contributed by atoms with E-state index in [9.17, 15) is 0 Å². The summed E-state index contributed by atoms with van der Waals surface area (Å²) in [5, 5.41) is 12.3. The summed E-state index contributed by atoms with van der Waals surface area (Å²) in [5.74, 6) is 0. The summed E-state index contributed by atoms with van der Waals surface area (Å²) < 4.78 is 0. The number of aromatic nitrogens is 1. The first kappa shape index (κ1) is 10.2. The third-order valence-electron chi connectivity index (χ3n) is 1.90. The minimum absolute atomic E-state index is 0.239. The van der Waals surface area contributed by atoms with Crippen LogP contribution in [0.25, 0.3) is 0 Å². The van der Waals surface area contributed by atoms with Gasteiger partial charge in [-0.15, -0.1) is 0 Å². The van der Waals surface area contributed by atoms with Crippen molar-refractivity contribution in [1.82, 2.24) is 10.3 Å². The zero-order valence-electron chi connectivity index (χ0n) is 8.07. The molecule has 72 valence electrons. The third-order valence-corrected chi connectivity index (χ3v) is 1.90. The van der Waals surface area contributed by atoms with Crippen molar-refractivity contribution in [2.24, 2.45) is 0 Å². The van der Waals surface area contributed by atoms with E-state index >= 15 is 0 Å². The van der Waals surface area contributed by atoms with E-state index in [0.717, 1.165) is 5.56 Å². The van der Waals surface area contributed by atoms with Crippen LogP contribution in [-0.2, 0) is 0 Å². The van der Waals surface area contributed by atoms with E-state index in [1.807, 2.05) is 18.3 Å². The predicted molar refractivity (Wildman–Crippen MR) is 52.3 cm³/mol. The summed E-state index contributed by atoms with van der Waals surface area (Å²) in [7, 11) is 0. The Kier molecular flexibility index (Phi) is 3.86. The summed E-state index contributed by atoms with van der Waals surface area (Å²) in [5.41, 5.74) is 1.14. The van der Waals surface area contributed by atoms with Crippen molar-refractivity contribution in [3.63, 3.8) is 0 Å². The monoisotopic (exact) mass is 180 g/mol. The summed E-state index contributed by atoms with van der Waals surface area (Å²) in [6.45, 7) is 4.43. The summed E-state index contributed by atoms with van der Waals surface area (Å²) in [6, 6.07) is 4.17. The fourth-order valence-corrected chi connectivity index (χ4v) is 1.10. The van der Waals surface area contributed by atoms with Crippen molar-refractivity contribution in [2.75, 3.05) is 6.54 Å². The van der Waals surface area contributed by atoms with Crippen molar-refractivity contribution in [3.05, 3.63) is 30.1 Å². The molecule has 0 radical (unpaired) electrons. The largest absolute Gasteiger partial charge is 0.392 e. The molecule has 1 rings (SSSR count). The lowest BCUT2D eigenvalue weighted by atomic mass is 10.1. The molecule has 3 nitrogen and oxygen atoms in total. The standard InChI is InChI=1S/C10H16N2O/c1-8(13)6-12-9(2)10-4-3-5-11-7-10/h3-5,7-9,12-13H,6H2,1-2H3/t8-,9+/m0/s1. The van der Waals surface area contributed by atoms with Crippen LogP contribution in [0.3, 0.4) is 0 Å². The van der Waals surface area contributed by atoms with Gasteiger partial charge in [0.15, 0.2) is 0 Å². The molecule has 0 aliphatic rings. The zero-order chi connectivity index (χ0) is 9.68. The van der Waals surface area contributed by atoms with E-state index in [1.165, 1.54) is 0 Å². The summed E-state index contributed by atoms with van der Waals surface area (Å²) >= 11 is 0. The van der Waals surface area contributed by atoms with Gasteiger partial charge in [0.25, 0.3) is 0 Å². The highest BCUT2D eigenvalue weighted by molar-refractivity contribution is 5.12. The normalized spacial score (nSPS) is 15.3. The molecule has 0 aliphatic carbocycles. The number of hydrogen-bond acceptors (Lipinski definition) is 3. The second-order valence-electron chi connectivity index (χ2n) is 3.27. The fraction of sp³-hybridized carbons (Fsp3) is 0.500. The topological polar surface area (TPSA) is 45.1 Å². The second-order valence-corrected chi connectivity index (χ2v) is 3.27. The molecule has 0 bridgehead atoms. The Morgan fingerprint density at radius 2 is 2.31 bits per heavy atom. The van der Waals surface area contributed by atoms with Crippen LogP contribution in [0.5, 0.6) is 0 Å². The van der Waals surface area contributed by atoms with Crippen LogP contribution in [0.4, 0.5) is 0 Å². The average molecular weight is 180 g/mol. The molecule has 13 heavy (non-hydrogen) atoms. The Morgan fingerprint density at radius 1 is 1.54 bits per heavy atom. The van der Waals surface area contributed by atoms with E-state index in [2.05, 4.69) is 17.2 Å². The lowest BCUT2D eigenvalue weighted by molar-refractivity contribution is 0.187. The highest BCUT2D eigenvalue weighted by Gasteiger charge is 2.04. The van der Waals surface area contributed by atoms with Gasteiger partial charge < -0.3 is 10.4 Å². The molecule has 0 saturated carbocycles. The highest BCUT2D eigenvalue weighted by Crippen LogP contribution is 2.08. The van der Waals surface area contributed by atoms with Crippen LogP contribution in [-0.4, -0.2) is 22.7 Å². The number of nitrogens with one attached hydrogen (secondary N) is 1. The number of nitrogens with zero attached hydrogens (tertiary/aromatic N) is 1. The number of pyridine rings is 1. The molecular weight excluding hydrogens is 164 g/mol. The number of aliphatic hydroxyl groups excluding tert-OH is 1. The Hall–Kier alpha value is -0.930. The van der Waals surface area contributed by atoms with Gasteiger partial charge in [0.2, 0.25) is 0 Å². The zero-order valence-corrected chi connectivity index (χ0v) is 8.07. The minimum atomic E-state index is -0.306. The Morgan fingerprint density at radius 3 is 2.85 bits per heavy atom. The van der Waals surface area contributed by atoms with Crippen molar-refractivity contribution in [3.8, 4) is 0 Å². The number of aliphatic hydroxyl groups is 1. The molecule has 1 aromatic rings. The highest BCUT2D eigenvalue weighted by atomic mass is 16.3. The molecule has 0 fully saturated rings. The van der Waals surface area contributed by atoms with Gasteiger partial charge >= 0.3 is 0 Å². The van der Waals surface area contributed by atoms with Gasteiger partial charge in [0, 0.05) is 25.0 Å². The molecule has 1 aromatic heterocycles. The summed E-state index contributed by atoms with van der Waals surface area (Å²) in [4.78, 5) is 4.03. The molecule has 0 spiro atoms. The lowest BCUT2D eigenvalue weighted by Gasteiger charge is -2.14. The Bertz CT molecular complexity index is 236. The molecule has 2 atom stereocenters. The van der Waals surface area contributed by atoms with Crippen LogP contribution in [0, 0.1) is 0 Å². The molecule has 0 amide bonds. The van der Waals surface area contributed by atoms with Crippen LogP contribution in [0.15, 0.2) is 24.5 Å². The Balaban J connectivity index is 2.44. The van der Waals surface area contributed by atoms with Gasteiger partial charge in [0.1, 0.15) is 0 Å². The van der Waals surface area contributed by atoms with Gasteiger partial charge in [0.05, 0.1) is 6.10 Å². The molecule has 3 heteroatoms. The van der Waals surface area contributed by atoms with Crippen LogP contribution in [0.2, 0.25) is 0 Å². The smallest absolute Gasteiger partial charge is 0.0636 e. The van der Waals surface area contributed by atoms with Gasteiger partial charge in [-0.05, 0) is 25.5 Å². The van der Waals surface area contributed by atoms with Crippen molar-refractivity contribution < 1.29 is 5.11 Å². The quantitative estimate of drug-likeness (QED) is 0.729. The van der Waals surface area contributed by atoms with Gasteiger partial charge in [-0.2, -0.15) is 0 Å². The van der Waals surface area contributed by atoms with E-state index in [-0.39, 0.29) is 12.1 Å². The SMILES string of the molecule is C[C@H](O)CN[C@H](C)c1cccnc1.